The maximum atomic E-state index is 12.8. The maximum absolute atomic E-state index is 12.8. The highest BCUT2D eigenvalue weighted by Gasteiger charge is 2.23. The number of nitrogens with zero attached hydrogens (tertiary/aromatic N) is 3. The summed E-state index contributed by atoms with van der Waals surface area (Å²) in [4.78, 5) is 14.4. The third-order valence-corrected chi connectivity index (χ3v) is 2.10. The van der Waals surface area contributed by atoms with Crippen molar-refractivity contribution in [2.75, 3.05) is 7.05 Å². The van der Waals surface area contributed by atoms with Crippen molar-refractivity contribution >= 4 is 17.2 Å². The molecule has 18 heavy (non-hydrogen) atoms. The topological polar surface area (TPSA) is 73.8 Å². The van der Waals surface area contributed by atoms with Gasteiger partial charge in [-0.3, -0.25) is 14.5 Å². The van der Waals surface area contributed by atoms with Crippen molar-refractivity contribution in [3.05, 3.63) is 24.2 Å². The summed E-state index contributed by atoms with van der Waals surface area (Å²) in [6.07, 6.45) is 3.46. The molecule has 0 saturated heterocycles. The zero-order chi connectivity index (χ0) is 13.8. The lowest BCUT2D eigenvalue weighted by Gasteiger charge is -2.10. The summed E-state index contributed by atoms with van der Waals surface area (Å²) < 4.78 is 26.9. The molecule has 0 aliphatic carbocycles. The molecule has 5 nitrogen and oxygen atoms in total. The van der Waals surface area contributed by atoms with Gasteiger partial charge in [0.1, 0.15) is 12.2 Å². The Balaban J connectivity index is 0.000000771. The van der Waals surface area contributed by atoms with E-state index in [0.29, 0.717) is 17.2 Å². The summed E-state index contributed by atoms with van der Waals surface area (Å²) in [7, 11) is 1.50. The second-order valence-corrected chi connectivity index (χ2v) is 3.66. The number of carbonyl (C=O) groups is 1. The first-order valence-electron chi connectivity index (χ1n) is 5.22. The Labute approximate surface area is 103 Å². The van der Waals surface area contributed by atoms with Crippen LogP contribution >= 0.6 is 0 Å². The van der Waals surface area contributed by atoms with Crippen molar-refractivity contribution in [1.29, 1.82) is 0 Å². The molecule has 7 heteroatoms. The Morgan fingerprint density at radius 1 is 1.44 bits per heavy atom. The van der Waals surface area contributed by atoms with E-state index in [-0.39, 0.29) is 5.69 Å². The summed E-state index contributed by atoms with van der Waals surface area (Å²) in [5.41, 5.74) is 5.19. The fourth-order valence-electron chi connectivity index (χ4n) is 1.44. The minimum Gasteiger partial charge on any atom is -0.333 e. The van der Waals surface area contributed by atoms with Crippen molar-refractivity contribution in [3.63, 3.8) is 0 Å². The normalized spacial score (nSPS) is 10.9. The van der Waals surface area contributed by atoms with Gasteiger partial charge in [-0.25, -0.2) is 8.78 Å². The molecule has 0 aliphatic heterocycles. The fraction of sp³-hybridized carbons (Fsp3) is 0.364. The summed E-state index contributed by atoms with van der Waals surface area (Å²) in [5.74, 6) is -2.84. The maximum Gasteiger partial charge on any atom is 0.264 e. The lowest BCUT2D eigenvalue weighted by Crippen LogP contribution is -2.20. The molecule has 0 bridgehead atoms. The monoisotopic (exact) mass is 256 g/mol. The van der Waals surface area contributed by atoms with E-state index in [1.54, 1.807) is 0 Å². The number of carbonyl (C=O) groups excluding carboxylic acids is 1. The van der Waals surface area contributed by atoms with Crippen molar-refractivity contribution in [3.8, 4) is 0 Å². The highest BCUT2D eigenvalue weighted by atomic mass is 19.3. The number of nitrogens with two attached hydrogens (primary N) is 1. The molecule has 2 aromatic heterocycles. The summed E-state index contributed by atoms with van der Waals surface area (Å²) in [6, 6.07) is 1.45. The number of rotatable bonds is 3. The van der Waals surface area contributed by atoms with Crippen LogP contribution in [0.2, 0.25) is 0 Å². The van der Waals surface area contributed by atoms with Gasteiger partial charge in [0.2, 0.25) is 0 Å². The van der Waals surface area contributed by atoms with Crippen LogP contribution in [0.15, 0.2) is 18.5 Å². The largest absolute Gasteiger partial charge is 0.333 e. The third-order valence-electron chi connectivity index (χ3n) is 2.10. The molecule has 0 atom stereocenters. The third kappa shape index (κ3) is 3.30. The molecule has 2 rings (SSSR count). The van der Waals surface area contributed by atoms with Crippen molar-refractivity contribution in [2.45, 2.75) is 19.4 Å². The lowest BCUT2D eigenvalue weighted by molar-refractivity contribution is 0.00182. The molecule has 0 radical (unpaired) electrons. The summed E-state index contributed by atoms with van der Waals surface area (Å²) >= 11 is 0. The molecule has 0 amide bonds. The SMILES string of the molecule is CC(F)(F)Cn1ncc2cnc(C=O)cc21.CN. The molecule has 98 valence electrons. The van der Waals surface area contributed by atoms with Crippen LogP contribution in [0, 0.1) is 0 Å². The molecule has 2 aromatic rings. The second kappa shape index (κ2) is 5.63. The highest BCUT2D eigenvalue weighted by molar-refractivity contribution is 5.83. The number of hydrogen-bond acceptors (Lipinski definition) is 4. The molecule has 0 unspecified atom stereocenters. The lowest BCUT2D eigenvalue weighted by atomic mass is 10.3. The minimum absolute atomic E-state index is 0.202. The van der Waals surface area contributed by atoms with E-state index in [2.05, 4.69) is 15.8 Å². The first kappa shape index (κ1) is 14.2. The summed E-state index contributed by atoms with van der Waals surface area (Å²) in [5, 5.41) is 4.47. The van der Waals surface area contributed by atoms with Crippen molar-refractivity contribution < 1.29 is 13.6 Å². The highest BCUT2D eigenvalue weighted by Crippen LogP contribution is 2.19. The predicted molar refractivity (Wildman–Crippen MR) is 63.6 cm³/mol. The van der Waals surface area contributed by atoms with E-state index in [4.69, 9.17) is 0 Å². The minimum atomic E-state index is -2.84. The van der Waals surface area contributed by atoms with Gasteiger partial charge in [-0.2, -0.15) is 5.10 Å². The van der Waals surface area contributed by atoms with Gasteiger partial charge in [0.15, 0.2) is 6.29 Å². The summed E-state index contributed by atoms with van der Waals surface area (Å²) in [6.45, 7) is 0.307. The van der Waals surface area contributed by atoms with Crippen LogP contribution in [0.3, 0.4) is 0 Å². The zero-order valence-corrected chi connectivity index (χ0v) is 10.1. The van der Waals surface area contributed by atoms with Gasteiger partial charge in [0, 0.05) is 18.5 Å². The molecular weight excluding hydrogens is 242 g/mol. The van der Waals surface area contributed by atoms with E-state index in [9.17, 15) is 13.6 Å². The quantitative estimate of drug-likeness (QED) is 0.844. The Morgan fingerprint density at radius 3 is 2.67 bits per heavy atom. The number of alkyl halides is 2. The van der Waals surface area contributed by atoms with E-state index in [1.165, 1.54) is 30.2 Å². The van der Waals surface area contributed by atoms with Crippen molar-refractivity contribution in [2.24, 2.45) is 5.73 Å². The van der Waals surface area contributed by atoms with Crippen LogP contribution in [0.5, 0.6) is 0 Å². The first-order valence-corrected chi connectivity index (χ1v) is 5.22. The van der Waals surface area contributed by atoms with Crippen molar-refractivity contribution in [1.82, 2.24) is 14.8 Å². The van der Waals surface area contributed by atoms with E-state index in [0.717, 1.165) is 6.92 Å². The van der Waals surface area contributed by atoms with Gasteiger partial charge in [0.25, 0.3) is 5.92 Å². The van der Waals surface area contributed by atoms with E-state index < -0.39 is 12.5 Å². The molecule has 0 fully saturated rings. The van der Waals surface area contributed by atoms with Gasteiger partial charge >= 0.3 is 0 Å². The number of pyridine rings is 1. The Hall–Kier alpha value is -1.89. The van der Waals surface area contributed by atoms with Gasteiger partial charge in [-0.15, -0.1) is 0 Å². The molecule has 0 saturated carbocycles. The number of fused-ring (bicyclic) bond motifs is 1. The molecule has 0 aliphatic rings. The smallest absolute Gasteiger partial charge is 0.264 e. The van der Waals surface area contributed by atoms with Crippen LogP contribution in [-0.4, -0.2) is 34.0 Å². The van der Waals surface area contributed by atoms with Crippen LogP contribution in [0.25, 0.3) is 10.9 Å². The van der Waals surface area contributed by atoms with E-state index >= 15 is 0 Å². The van der Waals surface area contributed by atoms with Gasteiger partial charge < -0.3 is 5.73 Å². The van der Waals surface area contributed by atoms with Crippen LogP contribution in [-0.2, 0) is 6.54 Å². The Kier molecular flexibility index (Phi) is 4.43. The van der Waals surface area contributed by atoms with Crippen LogP contribution in [0.4, 0.5) is 8.78 Å². The zero-order valence-electron chi connectivity index (χ0n) is 10.1. The molecule has 0 aromatic carbocycles. The molecular formula is C11H14F2N4O. The van der Waals surface area contributed by atoms with E-state index in [1.807, 2.05) is 0 Å². The average molecular weight is 256 g/mol. The Morgan fingerprint density at radius 2 is 2.11 bits per heavy atom. The predicted octanol–water partition coefficient (Wildman–Crippen LogP) is 1.47. The van der Waals surface area contributed by atoms with Gasteiger partial charge in [-0.1, -0.05) is 0 Å². The molecule has 0 spiro atoms. The molecule has 2 N–H and O–H groups in total. The van der Waals surface area contributed by atoms with Crippen LogP contribution in [0.1, 0.15) is 17.4 Å². The first-order chi connectivity index (χ1) is 8.49. The average Bonchev–Trinajstić information content (AvgIpc) is 2.72. The molecule has 2 heterocycles. The van der Waals surface area contributed by atoms with Crippen LogP contribution < -0.4 is 5.73 Å². The Bertz CT molecular complexity index is 533. The standard InChI is InChI=1S/C10H9F2N3O.CH5N/c1-10(11,12)6-15-9-2-8(5-16)13-3-7(9)4-14-15;1-2/h2-5H,6H2,1H3;2H2,1H3. The number of aldehydes is 1. The number of aromatic nitrogens is 3. The second-order valence-electron chi connectivity index (χ2n) is 3.66. The van der Waals surface area contributed by atoms with Gasteiger partial charge in [0.05, 0.1) is 11.7 Å². The number of hydrogen-bond donors (Lipinski definition) is 1. The van der Waals surface area contributed by atoms with Gasteiger partial charge in [-0.05, 0) is 13.1 Å². The number of halogens is 2. The fourth-order valence-corrected chi connectivity index (χ4v) is 1.44.